The molecule has 26 heavy (non-hydrogen) atoms. The Hall–Kier alpha value is -3.54. The minimum Gasteiger partial charge on any atom is -0.346 e. The second kappa shape index (κ2) is 6.76. The summed E-state index contributed by atoms with van der Waals surface area (Å²) in [5, 5.41) is 3.90. The number of nitrogens with one attached hydrogen (secondary N) is 2. The number of anilines is 1. The van der Waals surface area contributed by atoms with Gasteiger partial charge in [0, 0.05) is 42.3 Å². The number of H-pyrrole nitrogens is 1. The molecule has 0 spiro atoms. The minimum atomic E-state index is -0.222. The van der Waals surface area contributed by atoms with E-state index in [0.29, 0.717) is 11.4 Å². The average Bonchev–Trinajstić information content (AvgIpc) is 3.07. The number of nitrogens with zero attached hydrogens (tertiary/aromatic N) is 3. The Labute approximate surface area is 150 Å². The number of amides is 1. The van der Waals surface area contributed by atoms with Gasteiger partial charge in [-0.15, -0.1) is 0 Å². The summed E-state index contributed by atoms with van der Waals surface area (Å²) < 4.78 is 0. The molecule has 4 heterocycles. The van der Waals surface area contributed by atoms with Gasteiger partial charge in [-0.3, -0.25) is 9.78 Å². The Bertz CT molecular complexity index is 1050. The lowest BCUT2D eigenvalue weighted by Crippen LogP contribution is -2.13. The van der Waals surface area contributed by atoms with Gasteiger partial charge in [-0.05, 0) is 48.4 Å². The Morgan fingerprint density at radius 3 is 2.77 bits per heavy atom. The first-order chi connectivity index (χ1) is 12.7. The van der Waals surface area contributed by atoms with Crippen LogP contribution >= 0.6 is 0 Å². The topological polar surface area (TPSA) is 83.6 Å². The van der Waals surface area contributed by atoms with Gasteiger partial charge in [0.25, 0.3) is 5.91 Å². The number of aromatic nitrogens is 4. The fourth-order valence-electron chi connectivity index (χ4n) is 2.77. The van der Waals surface area contributed by atoms with Crippen LogP contribution in [-0.4, -0.2) is 25.8 Å². The van der Waals surface area contributed by atoms with Crippen LogP contribution < -0.4 is 5.32 Å². The second-order valence-corrected chi connectivity index (χ2v) is 6.08. The first kappa shape index (κ1) is 16.0. The average molecular weight is 343 g/mol. The van der Waals surface area contributed by atoms with Gasteiger partial charge in [0.1, 0.15) is 11.5 Å². The molecule has 4 aromatic rings. The van der Waals surface area contributed by atoms with Crippen LogP contribution in [0.5, 0.6) is 0 Å². The van der Waals surface area contributed by atoms with Gasteiger partial charge < -0.3 is 10.3 Å². The molecule has 1 amide bonds. The number of fused-ring (bicyclic) bond motifs is 1. The van der Waals surface area contributed by atoms with E-state index in [-0.39, 0.29) is 5.91 Å². The molecule has 0 unspecified atom stereocenters. The van der Waals surface area contributed by atoms with Crippen molar-refractivity contribution in [3.63, 3.8) is 0 Å². The number of pyridine rings is 3. The zero-order valence-electron chi connectivity index (χ0n) is 14.2. The van der Waals surface area contributed by atoms with Gasteiger partial charge in [0.2, 0.25) is 0 Å². The number of hydrogen-bond donors (Lipinski definition) is 2. The van der Waals surface area contributed by atoms with Crippen molar-refractivity contribution in [2.75, 3.05) is 5.32 Å². The number of carbonyl (C=O) groups is 1. The molecule has 0 aliphatic heterocycles. The zero-order valence-corrected chi connectivity index (χ0v) is 14.2. The maximum Gasteiger partial charge on any atom is 0.258 e. The fraction of sp³-hybridized carbons (Fsp3) is 0.100. The van der Waals surface area contributed by atoms with Gasteiger partial charge in [0.05, 0.1) is 5.56 Å². The van der Waals surface area contributed by atoms with E-state index in [2.05, 4.69) is 25.3 Å². The van der Waals surface area contributed by atoms with Crippen LogP contribution in [0.3, 0.4) is 0 Å². The van der Waals surface area contributed by atoms with Gasteiger partial charge in [0.15, 0.2) is 0 Å². The van der Waals surface area contributed by atoms with E-state index >= 15 is 0 Å². The van der Waals surface area contributed by atoms with E-state index in [1.165, 1.54) is 0 Å². The third kappa shape index (κ3) is 3.30. The molecule has 0 aliphatic rings. The monoisotopic (exact) mass is 343 g/mol. The van der Waals surface area contributed by atoms with Crippen molar-refractivity contribution in [2.24, 2.45) is 0 Å². The number of hydrogen-bond acceptors (Lipinski definition) is 4. The first-order valence-electron chi connectivity index (χ1n) is 8.29. The summed E-state index contributed by atoms with van der Waals surface area (Å²) in [6.07, 6.45) is 7.82. The SMILES string of the molecule is Cc1ccc(C(=O)Nc2ccc(Cc3c[nH]c4ncccc34)cn2)cn1. The highest BCUT2D eigenvalue weighted by atomic mass is 16.1. The van der Waals surface area contributed by atoms with Gasteiger partial charge in [-0.25, -0.2) is 9.97 Å². The molecule has 0 aliphatic carbocycles. The predicted octanol–water partition coefficient (Wildman–Crippen LogP) is 3.50. The standard InChI is InChI=1S/C20H17N5O/c1-13-4-6-15(11-22-13)20(26)25-18-7-5-14(10-23-18)9-16-12-24-19-17(16)3-2-8-21-19/h2-8,10-12H,9H2,1H3,(H,21,24)(H,23,25,26). The second-order valence-electron chi connectivity index (χ2n) is 6.08. The molecule has 0 aromatic carbocycles. The summed E-state index contributed by atoms with van der Waals surface area (Å²) in [7, 11) is 0. The molecular weight excluding hydrogens is 326 g/mol. The third-order valence-corrected chi connectivity index (χ3v) is 4.17. The molecule has 4 aromatic heterocycles. The summed E-state index contributed by atoms with van der Waals surface area (Å²) in [6.45, 7) is 1.88. The third-order valence-electron chi connectivity index (χ3n) is 4.17. The van der Waals surface area contributed by atoms with Crippen LogP contribution in [0.4, 0.5) is 5.82 Å². The Kier molecular flexibility index (Phi) is 4.15. The zero-order chi connectivity index (χ0) is 17.9. The summed E-state index contributed by atoms with van der Waals surface area (Å²) in [6, 6.07) is 11.3. The molecular formula is C20H17N5O. The summed E-state index contributed by atoms with van der Waals surface area (Å²) in [5.74, 6) is 0.292. The van der Waals surface area contributed by atoms with Gasteiger partial charge in [-0.1, -0.05) is 6.07 Å². The molecule has 6 heteroatoms. The maximum absolute atomic E-state index is 12.2. The van der Waals surface area contributed by atoms with E-state index in [1.54, 1.807) is 24.7 Å². The molecule has 0 saturated heterocycles. The van der Waals surface area contributed by atoms with E-state index in [9.17, 15) is 4.79 Å². The van der Waals surface area contributed by atoms with Crippen molar-refractivity contribution >= 4 is 22.8 Å². The van der Waals surface area contributed by atoms with E-state index in [1.807, 2.05) is 43.5 Å². The lowest BCUT2D eigenvalue weighted by atomic mass is 10.1. The molecule has 0 atom stereocenters. The van der Waals surface area contributed by atoms with Gasteiger partial charge in [-0.2, -0.15) is 0 Å². The molecule has 2 N–H and O–H groups in total. The number of aryl methyl sites for hydroxylation is 1. The van der Waals surface area contributed by atoms with Crippen molar-refractivity contribution < 1.29 is 4.79 Å². The van der Waals surface area contributed by atoms with Crippen LogP contribution in [0.15, 0.2) is 61.2 Å². The highest BCUT2D eigenvalue weighted by Crippen LogP contribution is 2.19. The number of rotatable bonds is 4. The van der Waals surface area contributed by atoms with Gasteiger partial charge >= 0.3 is 0 Å². The highest BCUT2D eigenvalue weighted by Gasteiger charge is 2.08. The Balaban J connectivity index is 1.46. The first-order valence-corrected chi connectivity index (χ1v) is 8.29. The van der Waals surface area contributed by atoms with Crippen molar-refractivity contribution in [3.8, 4) is 0 Å². The van der Waals surface area contributed by atoms with Crippen LogP contribution in [0.25, 0.3) is 11.0 Å². The van der Waals surface area contributed by atoms with Crippen LogP contribution in [0, 0.1) is 6.92 Å². The normalized spacial score (nSPS) is 10.8. The molecule has 0 radical (unpaired) electrons. The molecule has 0 fully saturated rings. The predicted molar refractivity (Wildman–Crippen MR) is 100 cm³/mol. The number of carbonyl (C=O) groups excluding carboxylic acids is 1. The van der Waals surface area contributed by atoms with Crippen LogP contribution in [0.2, 0.25) is 0 Å². The minimum absolute atomic E-state index is 0.222. The fourth-order valence-corrected chi connectivity index (χ4v) is 2.77. The van der Waals surface area contributed by atoms with Crippen molar-refractivity contribution in [1.82, 2.24) is 19.9 Å². The van der Waals surface area contributed by atoms with Crippen molar-refractivity contribution in [2.45, 2.75) is 13.3 Å². The smallest absolute Gasteiger partial charge is 0.258 e. The maximum atomic E-state index is 12.2. The summed E-state index contributed by atoms with van der Waals surface area (Å²) in [5.41, 5.74) is 4.48. The molecule has 128 valence electrons. The molecule has 0 saturated carbocycles. The van der Waals surface area contributed by atoms with E-state index in [0.717, 1.165) is 34.3 Å². The molecule has 0 bridgehead atoms. The van der Waals surface area contributed by atoms with Crippen LogP contribution in [0.1, 0.15) is 27.2 Å². The molecule has 6 nitrogen and oxygen atoms in total. The van der Waals surface area contributed by atoms with Crippen molar-refractivity contribution in [3.05, 3.63) is 83.6 Å². The largest absolute Gasteiger partial charge is 0.346 e. The highest BCUT2D eigenvalue weighted by molar-refractivity contribution is 6.03. The van der Waals surface area contributed by atoms with E-state index in [4.69, 9.17) is 0 Å². The Morgan fingerprint density at radius 1 is 1.08 bits per heavy atom. The lowest BCUT2D eigenvalue weighted by molar-refractivity contribution is 0.102. The summed E-state index contributed by atoms with van der Waals surface area (Å²) >= 11 is 0. The van der Waals surface area contributed by atoms with E-state index < -0.39 is 0 Å². The van der Waals surface area contributed by atoms with Crippen LogP contribution in [-0.2, 0) is 6.42 Å². The molecule has 4 rings (SSSR count). The van der Waals surface area contributed by atoms with Crippen molar-refractivity contribution in [1.29, 1.82) is 0 Å². The Morgan fingerprint density at radius 2 is 2.00 bits per heavy atom. The quantitative estimate of drug-likeness (QED) is 0.594. The lowest BCUT2D eigenvalue weighted by Gasteiger charge is -2.06. The summed E-state index contributed by atoms with van der Waals surface area (Å²) in [4.78, 5) is 28.2. The number of aromatic amines is 1.